The highest BCUT2D eigenvalue weighted by atomic mass is 28.3. The van der Waals surface area contributed by atoms with Gasteiger partial charge < -0.3 is 10.4 Å². The van der Waals surface area contributed by atoms with Gasteiger partial charge in [-0.15, -0.1) is 11.5 Å². The molecule has 1 aliphatic rings. The van der Waals surface area contributed by atoms with Crippen LogP contribution in [0.2, 0.25) is 18.1 Å². The first-order chi connectivity index (χ1) is 9.04. The summed E-state index contributed by atoms with van der Waals surface area (Å²) in [4.78, 5) is 22.8. The van der Waals surface area contributed by atoms with Crippen LogP contribution in [0.4, 0.5) is 0 Å². The van der Waals surface area contributed by atoms with Gasteiger partial charge in [-0.3, -0.25) is 4.79 Å². The molecule has 0 aliphatic heterocycles. The van der Waals surface area contributed by atoms with Gasteiger partial charge in [0, 0.05) is 12.3 Å². The van der Waals surface area contributed by atoms with Crippen molar-refractivity contribution in [3.8, 4) is 11.5 Å². The zero-order chi connectivity index (χ0) is 15.6. The number of carboxylic acid groups (broad SMARTS) is 1. The Morgan fingerprint density at radius 2 is 1.90 bits per heavy atom. The first-order valence-electron chi connectivity index (χ1n) is 7.08. The zero-order valence-corrected chi connectivity index (χ0v) is 14.0. The van der Waals surface area contributed by atoms with Gasteiger partial charge >= 0.3 is 5.97 Å². The number of hydrogen-bond acceptors (Lipinski definition) is 2. The third-order valence-corrected chi connectivity index (χ3v) is 8.70. The largest absolute Gasteiger partial charge is 0.480 e. The maximum atomic E-state index is 11.6. The maximum Gasteiger partial charge on any atom is 0.327 e. The topological polar surface area (TPSA) is 66.4 Å². The number of carboxylic acids is 1. The molecule has 1 saturated carbocycles. The molecular weight excluding hydrogens is 270 g/mol. The third kappa shape index (κ3) is 4.68. The maximum absolute atomic E-state index is 11.6. The highest BCUT2D eigenvalue weighted by Crippen LogP contribution is 2.35. The van der Waals surface area contributed by atoms with E-state index in [2.05, 4.69) is 50.6 Å². The second-order valence-corrected chi connectivity index (χ2v) is 12.1. The van der Waals surface area contributed by atoms with Crippen molar-refractivity contribution in [1.29, 1.82) is 0 Å². The van der Waals surface area contributed by atoms with E-state index in [1.165, 1.54) is 0 Å². The quantitative estimate of drug-likeness (QED) is 0.618. The SMILES string of the molecule is CC(C)(C)[Si](C)(C)C#CC[C@H](NC(=O)C1CC1)C(=O)O. The van der Waals surface area contributed by atoms with Gasteiger partial charge in [-0.25, -0.2) is 4.79 Å². The molecule has 0 unspecified atom stereocenters. The Balaban J connectivity index is 2.64. The van der Waals surface area contributed by atoms with Crippen LogP contribution in [0.1, 0.15) is 40.0 Å². The molecule has 0 aromatic heterocycles. The standard InChI is InChI=1S/C15H25NO3Si/c1-15(2,3)20(4,5)10-6-7-12(14(18)19)16-13(17)11-8-9-11/h11-12H,7-9H2,1-5H3,(H,16,17)(H,18,19)/t12-/m0/s1. The number of carbonyl (C=O) groups is 2. The van der Waals surface area contributed by atoms with Crippen LogP contribution in [0, 0.1) is 17.4 Å². The molecule has 1 aliphatic carbocycles. The molecule has 0 aromatic carbocycles. The summed E-state index contributed by atoms with van der Waals surface area (Å²) in [5.41, 5.74) is 3.28. The Hall–Kier alpha value is -1.28. The second-order valence-electron chi connectivity index (χ2n) is 7.05. The van der Waals surface area contributed by atoms with E-state index in [0.29, 0.717) is 0 Å². The molecule has 0 heterocycles. The Morgan fingerprint density at radius 1 is 1.35 bits per heavy atom. The minimum absolute atomic E-state index is 0.0187. The van der Waals surface area contributed by atoms with Gasteiger partial charge in [-0.2, -0.15) is 0 Å². The van der Waals surface area contributed by atoms with E-state index in [-0.39, 0.29) is 23.3 Å². The lowest BCUT2D eigenvalue weighted by Gasteiger charge is -2.31. The van der Waals surface area contributed by atoms with Crippen molar-refractivity contribution in [3.63, 3.8) is 0 Å². The minimum Gasteiger partial charge on any atom is -0.480 e. The van der Waals surface area contributed by atoms with Gasteiger partial charge in [0.25, 0.3) is 0 Å². The van der Waals surface area contributed by atoms with E-state index < -0.39 is 20.1 Å². The number of nitrogens with one attached hydrogen (secondary N) is 1. The van der Waals surface area contributed by atoms with Crippen molar-refractivity contribution in [1.82, 2.24) is 5.32 Å². The van der Waals surface area contributed by atoms with E-state index in [4.69, 9.17) is 5.11 Å². The van der Waals surface area contributed by atoms with E-state index in [0.717, 1.165) is 12.8 Å². The van der Waals surface area contributed by atoms with Crippen molar-refractivity contribution >= 4 is 20.0 Å². The van der Waals surface area contributed by atoms with Crippen molar-refractivity contribution in [3.05, 3.63) is 0 Å². The summed E-state index contributed by atoms with van der Waals surface area (Å²) in [5.74, 6) is 1.86. The molecule has 2 N–H and O–H groups in total. The molecule has 1 atom stereocenters. The van der Waals surface area contributed by atoms with Crippen LogP contribution in [0.3, 0.4) is 0 Å². The summed E-state index contributed by atoms with van der Waals surface area (Å²) >= 11 is 0. The van der Waals surface area contributed by atoms with Gasteiger partial charge in [-0.05, 0) is 17.9 Å². The van der Waals surface area contributed by atoms with Crippen LogP contribution in [-0.2, 0) is 9.59 Å². The summed E-state index contributed by atoms with van der Waals surface area (Å²) in [6, 6.07) is -0.889. The average molecular weight is 295 g/mol. The lowest BCUT2D eigenvalue weighted by atomic mass is 10.2. The molecule has 1 rings (SSSR count). The zero-order valence-electron chi connectivity index (χ0n) is 13.0. The fraction of sp³-hybridized carbons (Fsp3) is 0.733. The number of hydrogen-bond donors (Lipinski definition) is 2. The van der Waals surface area contributed by atoms with Crippen molar-refractivity contribution < 1.29 is 14.7 Å². The van der Waals surface area contributed by atoms with Crippen molar-refractivity contribution in [2.45, 2.75) is 64.2 Å². The molecule has 1 fully saturated rings. The fourth-order valence-corrected chi connectivity index (χ4v) is 2.32. The van der Waals surface area contributed by atoms with Gasteiger partial charge in [-0.1, -0.05) is 33.9 Å². The van der Waals surface area contributed by atoms with E-state index in [9.17, 15) is 9.59 Å². The van der Waals surface area contributed by atoms with Crippen molar-refractivity contribution in [2.75, 3.05) is 0 Å². The van der Waals surface area contributed by atoms with Gasteiger partial charge in [0.15, 0.2) is 0 Å². The average Bonchev–Trinajstić information content (AvgIpc) is 3.09. The number of amides is 1. The third-order valence-electron chi connectivity index (χ3n) is 4.14. The van der Waals surface area contributed by atoms with Crippen LogP contribution in [0.25, 0.3) is 0 Å². The predicted molar refractivity (Wildman–Crippen MR) is 81.9 cm³/mol. The first-order valence-corrected chi connectivity index (χ1v) is 10.1. The Kier molecular flexibility index (Phi) is 5.03. The van der Waals surface area contributed by atoms with E-state index in [1.807, 2.05) is 0 Å². The molecule has 1 amide bonds. The summed E-state index contributed by atoms with van der Waals surface area (Å²) in [5, 5.41) is 11.9. The first kappa shape index (κ1) is 16.8. The van der Waals surface area contributed by atoms with Crippen LogP contribution >= 0.6 is 0 Å². The predicted octanol–water partition coefficient (Wildman–Crippen LogP) is 2.41. The highest BCUT2D eigenvalue weighted by molar-refractivity contribution is 6.87. The van der Waals surface area contributed by atoms with E-state index in [1.54, 1.807) is 0 Å². The van der Waals surface area contributed by atoms with Crippen LogP contribution in [-0.4, -0.2) is 31.1 Å². The summed E-state index contributed by atoms with van der Waals surface area (Å²) in [6.07, 6.45) is 1.92. The van der Waals surface area contributed by atoms with Crippen molar-refractivity contribution in [2.24, 2.45) is 5.92 Å². The fourth-order valence-electron chi connectivity index (χ4n) is 1.40. The molecule has 0 spiro atoms. The molecule has 4 nitrogen and oxygen atoms in total. The molecule has 0 aromatic rings. The van der Waals surface area contributed by atoms with Crippen LogP contribution in [0.15, 0.2) is 0 Å². The number of carbonyl (C=O) groups excluding carboxylic acids is 1. The second kappa shape index (κ2) is 6.00. The summed E-state index contributed by atoms with van der Waals surface area (Å²) < 4.78 is 0. The number of rotatable bonds is 4. The summed E-state index contributed by atoms with van der Waals surface area (Å²) in [6.45, 7) is 10.9. The Morgan fingerprint density at radius 3 is 2.30 bits per heavy atom. The lowest BCUT2D eigenvalue weighted by Crippen LogP contribution is -2.41. The molecule has 0 radical (unpaired) electrons. The van der Waals surface area contributed by atoms with Crippen LogP contribution in [0.5, 0.6) is 0 Å². The van der Waals surface area contributed by atoms with Crippen LogP contribution < -0.4 is 5.32 Å². The van der Waals surface area contributed by atoms with E-state index >= 15 is 0 Å². The van der Waals surface area contributed by atoms with Gasteiger partial charge in [0.1, 0.15) is 14.1 Å². The normalized spacial score (nSPS) is 16.9. The molecule has 112 valence electrons. The molecule has 5 heteroatoms. The molecule has 0 saturated heterocycles. The Labute approximate surface area is 122 Å². The molecule has 0 bridgehead atoms. The monoisotopic (exact) mass is 295 g/mol. The van der Waals surface area contributed by atoms with Gasteiger partial charge in [0.05, 0.1) is 0 Å². The summed E-state index contributed by atoms with van der Waals surface area (Å²) in [7, 11) is -1.72. The lowest BCUT2D eigenvalue weighted by molar-refractivity contribution is -0.141. The molecule has 20 heavy (non-hydrogen) atoms. The minimum atomic E-state index is -1.72. The highest BCUT2D eigenvalue weighted by Gasteiger charge is 2.34. The molecular formula is C15H25NO3Si. The number of aliphatic carboxylic acids is 1. The smallest absolute Gasteiger partial charge is 0.327 e. The van der Waals surface area contributed by atoms with Gasteiger partial charge in [0.2, 0.25) is 5.91 Å². The Bertz CT molecular complexity index is 450.